The maximum Gasteiger partial charge on any atom is 0.172 e. The monoisotopic (exact) mass is 195 g/mol. The lowest BCUT2D eigenvalue weighted by molar-refractivity contribution is 0.317. The molecular formula is C7H9N5O2. The number of pyridine rings is 1. The average Bonchev–Trinajstić information content (AvgIpc) is 2.27. The minimum absolute atomic E-state index is 0.131. The Labute approximate surface area is 79.3 Å². The lowest BCUT2D eigenvalue weighted by Gasteiger charge is -2.04. The van der Waals surface area contributed by atoms with Gasteiger partial charge in [0.05, 0.1) is 0 Å². The van der Waals surface area contributed by atoms with Crippen molar-refractivity contribution >= 4 is 11.7 Å². The van der Waals surface area contributed by atoms with Gasteiger partial charge in [0.2, 0.25) is 0 Å². The number of hydrogen-bond acceptors (Lipinski definition) is 5. The number of nitrogens with two attached hydrogens (primary N) is 2. The minimum Gasteiger partial charge on any atom is -0.409 e. The van der Waals surface area contributed by atoms with E-state index in [2.05, 4.69) is 15.3 Å². The van der Waals surface area contributed by atoms with Gasteiger partial charge in [-0.15, -0.1) is 0 Å². The van der Waals surface area contributed by atoms with Crippen molar-refractivity contribution in [1.29, 1.82) is 0 Å². The summed E-state index contributed by atoms with van der Waals surface area (Å²) in [5, 5.41) is 22.5. The SMILES string of the molecule is N/C(=N\O)c1cnccc1/C(N)=N\O. The van der Waals surface area contributed by atoms with Crippen LogP contribution in [0.15, 0.2) is 28.8 Å². The highest BCUT2D eigenvalue weighted by Crippen LogP contribution is 2.05. The van der Waals surface area contributed by atoms with E-state index in [-0.39, 0.29) is 11.7 Å². The zero-order chi connectivity index (χ0) is 10.6. The molecule has 0 saturated carbocycles. The van der Waals surface area contributed by atoms with Crippen molar-refractivity contribution in [1.82, 2.24) is 4.98 Å². The minimum atomic E-state index is -0.153. The van der Waals surface area contributed by atoms with E-state index in [1.807, 2.05) is 0 Å². The number of nitrogens with zero attached hydrogens (tertiary/aromatic N) is 3. The fraction of sp³-hybridized carbons (Fsp3) is 0. The Morgan fingerprint density at radius 2 is 1.71 bits per heavy atom. The highest BCUT2D eigenvalue weighted by Gasteiger charge is 2.10. The predicted octanol–water partition coefficient (Wildman–Crippen LogP) is -0.729. The predicted molar refractivity (Wildman–Crippen MR) is 49.3 cm³/mol. The van der Waals surface area contributed by atoms with Gasteiger partial charge in [0.15, 0.2) is 11.7 Å². The highest BCUT2D eigenvalue weighted by atomic mass is 16.4. The summed E-state index contributed by atoms with van der Waals surface area (Å²) >= 11 is 0. The van der Waals surface area contributed by atoms with E-state index in [4.69, 9.17) is 21.9 Å². The maximum atomic E-state index is 8.47. The van der Waals surface area contributed by atoms with Crippen molar-refractivity contribution in [3.05, 3.63) is 29.6 Å². The zero-order valence-corrected chi connectivity index (χ0v) is 7.12. The van der Waals surface area contributed by atoms with Crippen molar-refractivity contribution in [3.8, 4) is 0 Å². The molecule has 14 heavy (non-hydrogen) atoms. The van der Waals surface area contributed by atoms with E-state index >= 15 is 0 Å². The van der Waals surface area contributed by atoms with Crippen LogP contribution in [0.1, 0.15) is 11.1 Å². The molecule has 6 N–H and O–H groups in total. The van der Waals surface area contributed by atoms with Crippen LogP contribution in [-0.4, -0.2) is 27.1 Å². The van der Waals surface area contributed by atoms with Gasteiger partial charge in [-0.2, -0.15) is 0 Å². The van der Waals surface area contributed by atoms with Crippen molar-refractivity contribution in [2.75, 3.05) is 0 Å². The number of aromatic nitrogens is 1. The molecule has 1 heterocycles. The maximum absolute atomic E-state index is 8.47. The molecule has 0 aliphatic heterocycles. The quantitative estimate of drug-likeness (QED) is 0.214. The van der Waals surface area contributed by atoms with Gasteiger partial charge in [0.25, 0.3) is 0 Å². The molecule has 7 nitrogen and oxygen atoms in total. The van der Waals surface area contributed by atoms with Crippen LogP contribution < -0.4 is 11.5 Å². The Balaban J connectivity index is 3.30. The van der Waals surface area contributed by atoms with Crippen molar-refractivity contribution < 1.29 is 10.4 Å². The standard InChI is InChI=1S/C7H9N5O2/c8-6(11-13)4-1-2-10-3-5(4)7(9)12-14/h1-3,13-14H,(H2,8,11)(H2,9,12). The van der Waals surface area contributed by atoms with Crippen LogP contribution in [0.25, 0.3) is 0 Å². The first-order valence-electron chi connectivity index (χ1n) is 3.60. The lowest BCUT2D eigenvalue weighted by Crippen LogP contribution is -2.22. The normalized spacial score (nSPS) is 12.9. The Morgan fingerprint density at radius 1 is 1.14 bits per heavy atom. The molecular weight excluding hydrogens is 186 g/mol. The summed E-state index contributed by atoms with van der Waals surface area (Å²) in [6.07, 6.45) is 2.80. The summed E-state index contributed by atoms with van der Waals surface area (Å²) in [6.45, 7) is 0. The van der Waals surface area contributed by atoms with Crippen molar-refractivity contribution in [2.45, 2.75) is 0 Å². The van der Waals surface area contributed by atoms with Gasteiger partial charge in [0.1, 0.15) is 0 Å². The smallest absolute Gasteiger partial charge is 0.172 e. The number of amidine groups is 2. The average molecular weight is 195 g/mol. The molecule has 1 rings (SSSR count). The van der Waals surface area contributed by atoms with Gasteiger partial charge in [-0.3, -0.25) is 4.98 Å². The Hall–Kier alpha value is -2.31. The molecule has 0 unspecified atom stereocenters. The summed E-state index contributed by atoms with van der Waals surface area (Å²) < 4.78 is 0. The van der Waals surface area contributed by atoms with Crippen molar-refractivity contribution in [2.24, 2.45) is 21.8 Å². The van der Waals surface area contributed by atoms with Gasteiger partial charge in [-0.25, -0.2) is 0 Å². The molecule has 0 saturated heterocycles. The van der Waals surface area contributed by atoms with Crippen LogP contribution in [0.4, 0.5) is 0 Å². The van der Waals surface area contributed by atoms with E-state index in [0.717, 1.165) is 0 Å². The number of rotatable bonds is 2. The largest absolute Gasteiger partial charge is 0.409 e. The van der Waals surface area contributed by atoms with Crippen LogP contribution in [0.3, 0.4) is 0 Å². The number of oxime groups is 2. The zero-order valence-electron chi connectivity index (χ0n) is 7.12. The van der Waals surface area contributed by atoms with Crippen LogP contribution in [-0.2, 0) is 0 Å². The van der Waals surface area contributed by atoms with E-state index in [1.54, 1.807) is 0 Å². The summed E-state index contributed by atoms with van der Waals surface area (Å²) in [7, 11) is 0. The van der Waals surface area contributed by atoms with Crippen LogP contribution >= 0.6 is 0 Å². The van der Waals surface area contributed by atoms with E-state index < -0.39 is 0 Å². The van der Waals surface area contributed by atoms with Crippen LogP contribution in [0.5, 0.6) is 0 Å². The van der Waals surface area contributed by atoms with E-state index in [1.165, 1.54) is 18.5 Å². The van der Waals surface area contributed by atoms with Gasteiger partial charge >= 0.3 is 0 Å². The first kappa shape index (κ1) is 9.78. The molecule has 74 valence electrons. The molecule has 0 aliphatic carbocycles. The Morgan fingerprint density at radius 3 is 2.29 bits per heavy atom. The molecule has 0 amide bonds. The first-order chi connectivity index (χ1) is 6.70. The summed E-state index contributed by atoms with van der Waals surface area (Å²) in [6, 6.07) is 1.49. The highest BCUT2D eigenvalue weighted by molar-refractivity contribution is 6.09. The molecule has 7 heteroatoms. The summed E-state index contributed by atoms with van der Waals surface area (Å²) in [5.74, 6) is -0.284. The summed E-state index contributed by atoms with van der Waals surface area (Å²) in [5.41, 5.74) is 11.4. The Kier molecular flexibility index (Phi) is 2.85. The van der Waals surface area contributed by atoms with Gasteiger partial charge < -0.3 is 21.9 Å². The van der Waals surface area contributed by atoms with Gasteiger partial charge in [-0.05, 0) is 6.07 Å². The van der Waals surface area contributed by atoms with Crippen LogP contribution in [0, 0.1) is 0 Å². The third kappa shape index (κ3) is 1.71. The van der Waals surface area contributed by atoms with E-state index in [0.29, 0.717) is 11.1 Å². The molecule has 0 radical (unpaired) electrons. The van der Waals surface area contributed by atoms with Gasteiger partial charge in [-0.1, -0.05) is 10.3 Å². The summed E-state index contributed by atoms with van der Waals surface area (Å²) in [4.78, 5) is 3.77. The van der Waals surface area contributed by atoms with Gasteiger partial charge in [0, 0.05) is 23.5 Å². The molecule has 0 aromatic carbocycles. The third-order valence-corrected chi connectivity index (χ3v) is 1.59. The van der Waals surface area contributed by atoms with Crippen molar-refractivity contribution in [3.63, 3.8) is 0 Å². The molecule has 0 aliphatic rings. The first-order valence-corrected chi connectivity index (χ1v) is 3.60. The third-order valence-electron chi connectivity index (χ3n) is 1.59. The Bertz CT molecular complexity index is 350. The second-order valence-electron chi connectivity index (χ2n) is 2.39. The molecule has 1 aromatic heterocycles. The molecule has 0 atom stereocenters. The second kappa shape index (κ2) is 4.08. The fourth-order valence-corrected chi connectivity index (χ4v) is 0.930. The van der Waals surface area contributed by atoms with Crippen LogP contribution in [0.2, 0.25) is 0 Å². The second-order valence-corrected chi connectivity index (χ2v) is 2.39. The fourth-order valence-electron chi connectivity index (χ4n) is 0.930. The molecule has 0 spiro atoms. The molecule has 1 aromatic rings. The lowest BCUT2D eigenvalue weighted by atomic mass is 10.1. The number of hydrogen-bond donors (Lipinski definition) is 4. The molecule has 0 bridgehead atoms. The topological polar surface area (TPSA) is 130 Å². The van der Waals surface area contributed by atoms with E-state index in [9.17, 15) is 0 Å². The molecule has 0 fully saturated rings.